The Morgan fingerprint density at radius 3 is 2.70 bits per heavy atom. The summed E-state index contributed by atoms with van der Waals surface area (Å²) in [6.07, 6.45) is 2.61. The van der Waals surface area contributed by atoms with E-state index in [1.807, 2.05) is 0 Å². The average molecular weight is 163 g/mol. The predicted octanol–water partition coefficient (Wildman–Crippen LogP) is -0.0876. The van der Waals surface area contributed by atoms with Gasteiger partial charge in [-0.05, 0) is 12.8 Å². The molecular weight excluding hydrogens is 150 g/mol. The smallest absolute Gasteiger partial charge is 0.151 e. The fourth-order valence-electron chi connectivity index (χ4n) is 1.22. The van der Waals surface area contributed by atoms with Crippen LogP contribution in [0.3, 0.4) is 0 Å². The van der Waals surface area contributed by atoms with Gasteiger partial charge in [-0.1, -0.05) is 6.42 Å². The van der Waals surface area contributed by atoms with Crippen LogP contribution in [0, 0.1) is 0 Å². The van der Waals surface area contributed by atoms with E-state index >= 15 is 0 Å². The van der Waals surface area contributed by atoms with Crippen molar-refractivity contribution in [3.05, 3.63) is 0 Å². The Hall–Kier alpha value is -0.0900. The second-order valence-corrected chi connectivity index (χ2v) is 5.10. The minimum atomic E-state index is -2.79. The first-order chi connectivity index (χ1) is 4.60. The van der Waals surface area contributed by atoms with Gasteiger partial charge in [0.2, 0.25) is 0 Å². The highest BCUT2D eigenvalue weighted by molar-refractivity contribution is 7.91. The molecule has 0 aromatic heterocycles. The van der Waals surface area contributed by atoms with Crippen LogP contribution in [-0.4, -0.2) is 26.0 Å². The van der Waals surface area contributed by atoms with Gasteiger partial charge >= 0.3 is 0 Å². The Balaban J connectivity index is 2.64. The molecule has 1 aliphatic rings. The highest BCUT2D eigenvalue weighted by Crippen LogP contribution is 2.10. The fraction of sp³-hybridized carbons (Fsp3) is 1.00. The SMILES string of the molecule is NC1CCCCS(=O)(=O)C1. The quantitative estimate of drug-likeness (QED) is 0.543. The summed E-state index contributed by atoms with van der Waals surface area (Å²) in [5.41, 5.74) is 5.53. The molecule has 3 nitrogen and oxygen atoms in total. The summed E-state index contributed by atoms with van der Waals surface area (Å²) >= 11 is 0. The van der Waals surface area contributed by atoms with E-state index in [1.165, 1.54) is 0 Å². The zero-order chi connectivity index (χ0) is 7.61. The number of sulfone groups is 1. The zero-order valence-corrected chi connectivity index (χ0v) is 6.73. The van der Waals surface area contributed by atoms with Gasteiger partial charge in [-0.15, -0.1) is 0 Å². The fourth-order valence-corrected chi connectivity index (χ4v) is 2.85. The summed E-state index contributed by atoms with van der Waals surface area (Å²) in [4.78, 5) is 0. The molecule has 1 atom stereocenters. The number of hydrogen-bond acceptors (Lipinski definition) is 3. The topological polar surface area (TPSA) is 60.2 Å². The van der Waals surface area contributed by atoms with Gasteiger partial charge in [0.25, 0.3) is 0 Å². The summed E-state index contributed by atoms with van der Waals surface area (Å²) < 4.78 is 22.0. The van der Waals surface area contributed by atoms with Crippen molar-refractivity contribution >= 4 is 9.84 Å². The van der Waals surface area contributed by atoms with Crippen LogP contribution in [0.5, 0.6) is 0 Å². The molecule has 1 unspecified atom stereocenters. The lowest BCUT2D eigenvalue weighted by molar-refractivity contribution is 0.589. The van der Waals surface area contributed by atoms with Crippen molar-refractivity contribution in [3.63, 3.8) is 0 Å². The van der Waals surface area contributed by atoms with Gasteiger partial charge in [0.1, 0.15) is 0 Å². The molecule has 0 aliphatic carbocycles. The normalized spacial score (nSPS) is 33.1. The van der Waals surface area contributed by atoms with Gasteiger partial charge in [-0.25, -0.2) is 8.42 Å². The lowest BCUT2D eigenvalue weighted by Gasteiger charge is -2.04. The van der Waals surface area contributed by atoms with Crippen LogP contribution in [-0.2, 0) is 9.84 Å². The minimum absolute atomic E-state index is 0.118. The van der Waals surface area contributed by atoms with Gasteiger partial charge in [0, 0.05) is 6.04 Å². The largest absolute Gasteiger partial charge is 0.327 e. The molecule has 0 spiro atoms. The Morgan fingerprint density at radius 1 is 1.30 bits per heavy atom. The summed E-state index contributed by atoms with van der Waals surface area (Å²) in [6, 6.07) is -0.118. The second-order valence-electron chi connectivity index (χ2n) is 2.87. The van der Waals surface area contributed by atoms with Crippen molar-refractivity contribution in [2.24, 2.45) is 5.73 Å². The van der Waals surface area contributed by atoms with E-state index in [4.69, 9.17) is 5.73 Å². The van der Waals surface area contributed by atoms with Gasteiger partial charge < -0.3 is 5.73 Å². The van der Waals surface area contributed by atoms with Crippen molar-refractivity contribution in [2.75, 3.05) is 11.5 Å². The van der Waals surface area contributed by atoms with Gasteiger partial charge in [-0.2, -0.15) is 0 Å². The van der Waals surface area contributed by atoms with E-state index < -0.39 is 9.84 Å². The standard InChI is InChI=1S/C6H13NO2S/c7-6-3-1-2-4-10(8,9)5-6/h6H,1-5,7H2. The van der Waals surface area contributed by atoms with E-state index in [2.05, 4.69) is 0 Å². The first-order valence-electron chi connectivity index (χ1n) is 3.56. The van der Waals surface area contributed by atoms with Gasteiger partial charge in [-0.3, -0.25) is 0 Å². The van der Waals surface area contributed by atoms with Crippen LogP contribution in [0.1, 0.15) is 19.3 Å². The maximum absolute atomic E-state index is 11.0. The first-order valence-corrected chi connectivity index (χ1v) is 5.38. The van der Waals surface area contributed by atoms with Crippen LogP contribution in [0.25, 0.3) is 0 Å². The molecule has 1 fully saturated rings. The molecule has 1 heterocycles. The Kier molecular flexibility index (Phi) is 2.31. The van der Waals surface area contributed by atoms with Crippen LogP contribution >= 0.6 is 0 Å². The highest BCUT2D eigenvalue weighted by Gasteiger charge is 2.19. The average Bonchev–Trinajstić information content (AvgIpc) is 1.90. The molecule has 0 radical (unpaired) electrons. The third-order valence-corrected chi connectivity index (χ3v) is 3.59. The lowest BCUT2D eigenvalue weighted by atomic mass is 10.2. The Labute approximate surface area is 61.5 Å². The number of hydrogen-bond donors (Lipinski definition) is 1. The molecule has 10 heavy (non-hydrogen) atoms. The van der Waals surface area contributed by atoms with Crippen LogP contribution in [0.2, 0.25) is 0 Å². The van der Waals surface area contributed by atoms with Crippen LogP contribution < -0.4 is 5.73 Å². The molecule has 1 saturated heterocycles. The summed E-state index contributed by atoms with van der Waals surface area (Å²) in [7, 11) is -2.79. The third-order valence-electron chi connectivity index (χ3n) is 1.75. The van der Waals surface area contributed by atoms with Gasteiger partial charge in [0.05, 0.1) is 11.5 Å². The zero-order valence-electron chi connectivity index (χ0n) is 5.91. The highest BCUT2D eigenvalue weighted by atomic mass is 32.2. The summed E-state index contributed by atoms with van der Waals surface area (Å²) in [5.74, 6) is 0.522. The van der Waals surface area contributed by atoms with Crippen molar-refractivity contribution in [1.29, 1.82) is 0 Å². The van der Waals surface area contributed by atoms with E-state index in [9.17, 15) is 8.42 Å². The van der Waals surface area contributed by atoms with E-state index in [-0.39, 0.29) is 11.8 Å². The number of rotatable bonds is 0. The monoisotopic (exact) mass is 163 g/mol. The number of nitrogens with two attached hydrogens (primary N) is 1. The first kappa shape index (κ1) is 8.01. The third kappa shape index (κ3) is 2.27. The Morgan fingerprint density at radius 2 is 2.00 bits per heavy atom. The molecule has 2 N–H and O–H groups in total. The second kappa shape index (κ2) is 2.88. The minimum Gasteiger partial charge on any atom is -0.327 e. The van der Waals surface area contributed by atoms with Crippen LogP contribution in [0.15, 0.2) is 0 Å². The Bertz CT molecular complexity index is 198. The van der Waals surface area contributed by atoms with Crippen molar-refractivity contribution in [2.45, 2.75) is 25.3 Å². The van der Waals surface area contributed by atoms with E-state index in [0.29, 0.717) is 5.75 Å². The van der Waals surface area contributed by atoms with Gasteiger partial charge in [0.15, 0.2) is 9.84 Å². The summed E-state index contributed by atoms with van der Waals surface area (Å²) in [6.45, 7) is 0. The maximum atomic E-state index is 11.0. The molecule has 0 aromatic carbocycles. The maximum Gasteiger partial charge on any atom is 0.151 e. The molecule has 0 aromatic rings. The molecule has 60 valence electrons. The van der Waals surface area contributed by atoms with E-state index in [1.54, 1.807) is 0 Å². The molecule has 0 saturated carbocycles. The molecule has 1 aliphatic heterocycles. The molecule has 1 rings (SSSR count). The van der Waals surface area contributed by atoms with Crippen molar-refractivity contribution in [3.8, 4) is 0 Å². The molecule has 0 amide bonds. The lowest BCUT2D eigenvalue weighted by Crippen LogP contribution is -2.28. The van der Waals surface area contributed by atoms with E-state index in [0.717, 1.165) is 19.3 Å². The summed E-state index contributed by atoms with van der Waals surface area (Å²) in [5, 5.41) is 0. The molecular formula is C6H13NO2S. The van der Waals surface area contributed by atoms with Crippen LogP contribution in [0.4, 0.5) is 0 Å². The molecule has 4 heteroatoms. The van der Waals surface area contributed by atoms with Crippen molar-refractivity contribution in [1.82, 2.24) is 0 Å². The van der Waals surface area contributed by atoms with Crippen molar-refractivity contribution < 1.29 is 8.42 Å². The molecule has 0 bridgehead atoms. The predicted molar refractivity (Wildman–Crippen MR) is 40.5 cm³/mol.